The van der Waals surface area contributed by atoms with Crippen molar-refractivity contribution >= 4 is 12.3 Å². The lowest BCUT2D eigenvalue weighted by Gasteiger charge is -2.01. The normalized spacial score (nSPS) is 16.4. The summed E-state index contributed by atoms with van der Waals surface area (Å²) in [5.74, 6) is -0.322. The number of esters is 1. The Kier molecular flexibility index (Phi) is 3.02. The number of aldehydes is 1. The first-order valence-corrected chi connectivity index (χ1v) is 4.14. The van der Waals surface area contributed by atoms with Crippen LogP contribution in [0.3, 0.4) is 0 Å². The Bertz CT molecular complexity index is 228. The number of rotatable bonds is 3. The van der Waals surface area contributed by atoms with E-state index in [1.54, 1.807) is 6.92 Å². The van der Waals surface area contributed by atoms with Crippen LogP contribution in [0.2, 0.25) is 0 Å². The van der Waals surface area contributed by atoms with Gasteiger partial charge in [0.15, 0.2) is 0 Å². The quantitative estimate of drug-likeness (QED) is 0.470. The van der Waals surface area contributed by atoms with Gasteiger partial charge in [-0.15, -0.1) is 0 Å². The van der Waals surface area contributed by atoms with E-state index in [0.717, 1.165) is 19.1 Å². The number of allylic oxidation sites excluding steroid dienone is 1. The second-order valence-corrected chi connectivity index (χ2v) is 2.70. The molecule has 0 N–H and O–H groups in total. The minimum absolute atomic E-state index is 0.322. The summed E-state index contributed by atoms with van der Waals surface area (Å²) in [6.07, 6.45) is 3.06. The number of hydrogen-bond acceptors (Lipinski definition) is 3. The van der Waals surface area contributed by atoms with Crippen molar-refractivity contribution in [3.63, 3.8) is 0 Å². The molecule has 3 nitrogen and oxygen atoms in total. The van der Waals surface area contributed by atoms with E-state index in [2.05, 4.69) is 0 Å². The van der Waals surface area contributed by atoms with Gasteiger partial charge in [0.05, 0.1) is 6.61 Å². The fourth-order valence-corrected chi connectivity index (χ4v) is 1.35. The molecule has 3 heteroatoms. The van der Waals surface area contributed by atoms with E-state index < -0.39 is 0 Å². The number of carbonyl (C=O) groups is 2. The van der Waals surface area contributed by atoms with Gasteiger partial charge < -0.3 is 4.74 Å². The van der Waals surface area contributed by atoms with Gasteiger partial charge in [0.1, 0.15) is 6.29 Å². The summed E-state index contributed by atoms with van der Waals surface area (Å²) in [5, 5.41) is 0. The standard InChI is InChI=1S/C9H12O3/c1-2-12-9(11)8-5-3-4-7(8)6-10/h6H,2-5H2,1H3. The maximum Gasteiger partial charge on any atom is 0.334 e. The third kappa shape index (κ3) is 1.72. The Morgan fingerprint density at radius 2 is 2.33 bits per heavy atom. The van der Waals surface area contributed by atoms with Crippen molar-refractivity contribution in [1.29, 1.82) is 0 Å². The van der Waals surface area contributed by atoms with E-state index in [0.29, 0.717) is 24.2 Å². The summed E-state index contributed by atoms with van der Waals surface area (Å²) in [6.45, 7) is 2.13. The molecular weight excluding hydrogens is 156 g/mol. The van der Waals surface area contributed by atoms with Crippen LogP contribution in [0.5, 0.6) is 0 Å². The Balaban J connectivity index is 2.71. The molecule has 0 aromatic rings. The summed E-state index contributed by atoms with van der Waals surface area (Å²) in [4.78, 5) is 21.6. The second kappa shape index (κ2) is 4.04. The summed E-state index contributed by atoms with van der Waals surface area (Å²) >= 11 is 0. The van der Waals surface area contributed by atoms with Crippen LogP contribution >= 0.6 is 0 Å². The largest absolute Gasteiger partial charge is 0.463 e. The molecule has 0 aromatic carbocycles. The lowest BCUT2D eigenvalue weighted by Crippen LogP contribution is -2.07. The Labute approximate surface area is 71.4 Å². The molecule has 0 atom stereocenters. The first kappa shape index (κ1) is 8.97. The highest BCUT2D eigenvalue weighted by atomic mass is 16.5. The SMILES string of the molecule is CCOC(=O)C1=C(C=O)CCC1. The Morgan fingerprint density at radius 1 is 1.58 bits per heavy atom. The zero-order valence-corrected chi connectivity index (χ0v) is 7.13. The minimum Gasteiger partial charge on any atom is -0.463 e. The van der Waals surface area contributed by atoms with Crippen LogP contribution < -0.4 is 0 Å². The van der Waals surface area contributed by atoms with Crippen molar-refractivity contribution in [3.05, 3.63) is 11.1 Å². The van der Waals surface area contributed by atoms with Crippen LogP contribution in [-0.2, 0) is 14.3 Å². The fourth-order valence-electron chi connectivity index (χ4n) is 1.35. The van der Waals surface area contributed by atoms with Crippen molar-refractivity contribution in [2.24, 2.45) is 0 Å². The zero-order chi connectivity index (χ0) is 8.97. The molecule has 66 valence electrons. The van der Waals surface area contributed by atoms with Crippen LogP contribution in [0.1, 0.15) is 26.2 Å². The van der Waals surface area contributed by atoms with Crippen LogP contribution in [-0.4, -0.2) is 18.9 Å². The highest BCUT2D eigenvalue weighted by molar-refractivity contribution is 5.96. The predicted octanol–water partition coefficient (Wildman–Crippen LogP) is 1.23. The molecule has 0 heterocycles. The Hall–Kier alpha value is -1.12. The molecule has 1 aliphatic carbocycles. The van der Waals surface area contributed by atoms with Gasteiger partial charge in [-0.05, 0) is 26.2 Å². The second-order valence-electron chi connectivity index (χ2n) is 2.70. The smallest absolute Gasteiger partial charge is 0.334 e. The molecule has 0 fully saturated rings. The average Bonchev–Trinajstić information content (AvgIpc) is 2.51. The van der Waals surface area contributed by atoms with E-state index in [4.69, 9.17) is 4.74 Å². The van der Waals surface area contributed by atoms with Crippen molar-refractivity contribution in [2.75, 3.05) is 6.61 Å². The highest BCUT2D eigenvalue weighted by Gasteiger charge is 2.20. The van der Waals surface area contributed by atoms with Gasteiger partial charge in [0.25, 0.3) is 0 Å². The monoisotopic (exact) mass is 168 g/mol. The van der Waals surface area contributed by atoms with Gasteiger partial charge in [-0.25, -0.2) is 4.79 Å². The van der Waals surface area contributed by atoms with Gasteiger partial charge in [-0.3, -0.25) is 4.79 Å². The van der Waals surface area contributed by atoms with Gasteiger partial charge in [0.2, 0.25) is 0 Å². The van der Waals surface area contributed by atoms with Gasteiger partial charge >= 0.3 is 5.97 Å². The molecule has 0 radical (unpaired) electrons. The number of ether oxygens (including phenoxy) is 1. The summed E-state index contributed by atoms with van der Waals surface area (Å²) in [7, 11) is 0. The topological polar surface area (TPSA) is 43.4 Å². The van der Waals surface area contributed by atoms with Gasteiger partial charge in [-0.1, -0.05) is 0 Å². The van der Waals surface area contributed by atoms with E-state index in [1.165, 1.54) is 0 Å². The van der Waals surface area contributed by atoms with E-state index in [9.17, 15) is 9.59 Å². The predicted molar refractivity (Wildman–Crippen MR) is 43.6 cm³/mol. The van der Waals surface area contributed by atoms with Gasteiger partial charge in [0, 0.05) is 11.1 Å². The maximum atomic E-state index is 11.2. The first-order chi connectivity index (χ1) is 5.79. The molecule has 0 aromatic heterocycles. The lowest BCUT2D eigenvalue weighted by atomic mass is 10.2. The van der Waals surface area contributed by atoms with Crippen molar-refractivity contribution in [2.45, 2.75) is 26.2 Å². The van der Waals surface area contributed by atoms with E-state index in [-0.39, 0.29) is 5.97 Å². The molecule has 0 unspecified atom stereocenters. The molecular formula is C9H12O3. The fraction of sp³-hybridized carbons (Fsp3) is 0.556. The molecule has 0 saturated carbocycles. The molecule has 0 bridgehead atoms. The summed E-state index contributed by atoms with van der Waals surface area (Å²) in [6, 6.07) is 0. The van der Waals surface area contributed by atoms with Crippen LogP contribution in [0, 0.1) is 0 Å². The first-order valence-electron chi connectivity index (χ1n) is 4.14. The summed E-state index contributed by atoms with van der Waals surface area (Å²) in [5.41, 5.74) is 1.19. The van der Waals surface area contributed by atoms with Crippen LogP contribution in [0.4, 0.5) is 0 Å². The molecule has 1 aliphatic rings. The molecule has 0 amide bonds. The highest BCUT2D eigenvalue weighted by Crippen LogP contribution is 2.25. The molecule has 12 heavy (non-hydrogen) atoms. The minimum atomic E-state index is -0.322. The van der Waals surface area contributed by atoms with Crippen LogP contribution in [0.15, 0.2) is 11.1 Å². The van der Waals surface area contributed by atoms with E-state index >= 15 is 0 Å². The third-order valence-electron chi connectivity index (χ3n) is 1.92. The van der Waals surface area contributed by atoms with Crippen LogP contribution in [0.25, 0.3) is 0 Å². The Morgan fingerprint density at radius 3 is 2.92 bits per heavy atom. The lowest BCUT2D eigenvalue weighted by molar-refractivity contribution is -0.138. The van der Waals surface area contributed by atoms with Crippen molar-refractivity contribution in [3.8, 4) is 0 Å². The maximum absolute atomic E-state index is 11.2. The number of hydrogen-bond donors (Lipinski definition) is 0. The third-order valence-corrected chi connectivity index (χ3v) is 1.92. The number of carbonyl (C=O) groups excluding carboxylic acids is 2. The molecule has 0 aliphatic heterocycles. The van der Waals surface area contributed by atoms with E-state index in [1.807, 2.05) is 0 Å². The average molecular weight is 168 g/mol. The summed E-state index contributed by atoms with van der Waals surface area (Å²) < 4.78 is 4.80. The van der Waals surface area contributed by atoms with Crippen molar-refractivity contribution in [1.82, 2.24) is 0 Å². The molecule has 0 spiro atoms. The van der Waals surface area contributed by atoms with Crippen molar-refractivity contribution < 1.29 is 14.3 Å². The molecule has 0 saturated heterocycles. The molecule has 1 rings (SSSR count). The zero-order valence-electron chi connectivity index (χ0n) is 7.13. The van der Waals surface area contributed by atoms with Gasteiger partial charge in [-0.2, -0.15) is 0 Å².